The SMILES string of the molecule is O=C(CNC(=O)c1ccc2ccccc2c1)Nc1cc(Cl)ccc1Cl. The Morgan fingerprint density at radius 2 is 1.64 bits per heavy atom. The van der Waals surface area contributed by atoms with Gasteiger partial charge in [0.1, 0.15) is 0 Å². The average Bonchev–Trinajstić information content (AvgIpc) is 2.62. The standard InChI is InChI=1S/C19H14Cl2N2O2/c20-15-7-8-16(21)17(10-15)23-18(24)11-22-19(25)14-6-5-12-3-1-2-4-13(12)9-14/h1-10H,11H2,(H,22,25)(H,23,24). The van der Waals surface area contributed by atoms with Gasteiger partial charge in [-0.25, -0.2) is 0 Å². The maximum Gasteiger partial charge on any atom is 0.251 e. The number of rotatable bonds is 4. The number of amides is 2. The third-order valence-corrected chi connectivity index (χ3v) is 4.19. The zero-order valence-electron chi connectivity index (χ0n) is 13.1. The van der Waals surface area contributed by atoms with E-state index in [1.54, 1.807) is 30.3 Å². The Labute approximate surface area is 154 Å². The van der Waals surface area contributed by atoms with Crippen LogP contribution in [0, 0.1) is 0 Å². The van der Waals surface area contributed by atoms with Gasteiger partial charge in [0.2, 0.25) is 5.91 Å². The third-order valence-electron chi connectivity index (χ3n) is 3.62. The molecule has 25 heavy (non-hydrogen) atoms. The molecule has 0 saturated heterocycles. The topological polar surface area (TPSA) is 58.2 Å². The minimum atomic E-state index is -0.390. The number of fused-ring (bicyclic) bond motifs is 1. The van der Waals surface area contributed by atoms with Gasteiger partial charge in [-0.15, -0.1) is 0 Å². The maximum absolute atomic E-state index is 12.2. The molecule has 3 aromatic carbocycles. The van der Waals surface area contributed by atoms with E-state index in [0.29, 0.717) is 21.3 Å². The van der Waals surface area contributed by atoms with Crippen molar-refractivity contribution in [3.05, 3.63) is 76.3 Å². The van der Waals surface area contributed by atoms with Crippen LogP contribution in [0.3, 0.4) is 0 Å². The van der Waals surface area contributed by atoms with Crippen molar-refractivity contribution in [2.45, 2.75) is 0 Å². The molecule has 0 atom stereocenters. The van der Waals surface area contributed by atoms with E-state index in [2.05, 4.69) is 10.6 Å². The number of hydrogen-bond donors (Lipinski definition) is 2. The fourth-order valence-electron chi connectivity index (χ4n) is 2.38. The van der Waals surface area contributed by atoms with E-state index in [-0.39, 0.29) is 12.5 Å². The normalized spacial score (nSPS) is 10.5. The van der Waals surface area contributed by atoms with Crippen LogP contribution in [0.2, 0.25) is 10.0 Å². The Balaban J connectivity index is 1.62. The van der Waals surface area contributed by atoms with E-state index in [1.165, 1.54) is 0 Å². The van der Waals surface area contributed by atoms with Crippen LogP contribution in [0.5, 0.6) is 0 Å². The summed E-state index contributed by atoms with van der Waals surface area (Å²) in [6, 6.07) is 17.9. The summed E-state index contributed by atoms with van der Waals surface area (Å²) in [7, 11) is 0. The summed E-state index contributed by atoms with van der Waals surface area (Å²) in [6.45, 7) is -0.172. The molecular formula is C19H14Cl2N2O2. The molecule has 0 aliphatic rings. The van der Waals surface area contributed by atoms with Crippen molar-refractivity contribution in [1.29, 1.82) is 0 Å². The average molecular weight is 373 g/mol. The Bertz CT molecular complexity index is 957. The van der Waals surface area contributed by atoms with Gasteiger partial charge < -0.3 is 10.6 Å². The van der Waals surface area contributed by atoms with Gasteiger partial charge in [-0.2, -0.15) is 0 Å². The van der Waals surface area contributed by atoms with Crippen molar-refractivity contribution in [3.63, 3.8) is 0 Å². The van der Waals surface area contributed by atoms with E-state index >= 15 is 0 Å². The van der Waals surface area contributed by atoms with Gasteiger partial charge in [0, 0.05) is 10.6 Å². The Hall–Kier alpha value is -2.56. The molecule has 2 N–H and O–H groups in total. The van der Waals surface area contributed by atoms with Crippen molar-refractivity contribution in [3.8, 4) is 0 Å². The summed E-state index contributed by atoms with van der Waals surface area (Å²) in [5.74, 6) is -0.712. The van der Waals surface area contributed by atoms with E-state index in [0.717, 1.165) is 10.8 Å². The first kappa shape index (κ1) is 17.3. The quantitative estimate of drug-likeness (QED) is 0.707. The van der Waals surface area contributed by atoms with Crippen molar-refractivity contribution in [2.24, 2.45) is 0 Å². The van der Waals surface area contributed by atoms with Gasteiger partial charge in [0.15, 0.2) is 0 Å². The van der Waals surface area contributed by atoms with Crippen molar-refractivity contribution in [1.82, 2.24) is 5.32 Å². The molecule has 0 saturated carbocycles. The fourth-order valence-corrected chi connectivity index (χ4v) is 2.72. The molecule has 3 aromatic rings. The predicted octanol–water partition coefficient (Wildman–Crippen LogP) is 4.52. The molecule has 3 rings (SSSR count). The molecule has 0 unspecified atom stereocenters. The monoisotopic (exact) mass is 372 g/mol. The van der Waals surface area contributed by atoms with Gasteiger partial charge in [-0.1, -0.05) is 53.5 Å². The van der Waals surface area contributed by atoms with Crippen molar-refractivity contribution in [2.75, 3.05) is 11.9 Å². The van der Waals surface area contributed by atoms with Crippen LogP contribution < -0.4 is 10.6 Å². The van der Waals surface area contributed by atoms with E-state index in [4.69, 9.17) is 23.2 Å². The summed E-state index contributed by atoms with van der Waals surface area (Å²) >= 11 is 11.9. The third kappa shape index (κ3) is 4.29. The summed E-state index contributed by atoms with van der Waals surface area (Å²) in [4.78, 5) is 24.2. The van der Waals surface area contributed by atoms with Gasteiger partial charge in [-0.3, -0.25) is 9.59 Å². The molecule has 2 amide bonds. The lowest BCUT2D eigenvalue weighted by Gasteiger charge is -2.09. The second-order valence-electron chi connectivity index (χ2n) is 5.42. The van der Waals surface area contributed by atoms with Gasteiger partial charge >= 0.3 is 0 Å². The number of nitrogens with one attached hydrogen (secondary N) is 2. The molecule has 0 aliphatic carbocycles. The van der Waals surface area contributed by atoms with Crippen LogP contribution >= 0.6 is 23.2 Å². The second kappa shape index (κ2) is 7.55. The van der Waals surface area contributed by atoms with Crippen molar-refractivity contribution < 1.29 is 9.59 Å². The molecule has 0 aliphatic heterocycles. The molecule has 0 fully saturated rings. The summed E-state index contributed by atoms with van der Waals surface area (Å²) in [6.07, 6.45) is 0. The molecule has 0 radical (unpaired) electrons. The largest absolute Gasteiger partial charge is 0.343 e. The van der Waals surface area contributed by atoms with Crippen LogP contribution in [-0.2, 0) is 4.79 Å². The first-order chi connectivity index (χ1) is 12.0. The van der Waals surface area contributed by atoms with Gasteiger partial charge in [-0.05, 0) is 41.1 Å². The van der Waals surface area contributed by atoms with E-state index in [1.807, 2.05) is 30.3 Å². The zero-order chi connectivity index (χ0) is 17.8. The van der Waals surface area contributed by atoms with Crippen LogP contribution in [0.25, 0.3) is 10.8 Å². The molecule has 4 nitrogen and oxygen atoms in total. The molecule has 0 aromatic heterocycles. The highest BCUT2D eigenvalue weighted by Gasteiger charge is 2.10. The summed E-state index contributed by atoms with van der Waals surface area (Å²) in [5, 5.41) is 8.05. The molecule has 0 bridgehead atoms. The predicted molar refractivity (Wildman–Crippen MR) is 101 cm³/mol. The van der Waals surface area contributed by atoms with Crippen molar-refractivity contribution >= 4 is 51.5 Å². The minimum absolute atomic E-state index is 0.172. The van der Waals surface area contributed by atoms with Gasteiger partial charge in [0.05, 0.1) is 17.3 Å². The maximum atomic E-state index is 12.2. The summed E-state index contributed by atoms with van der Waals surface area (Å²) < 4.78 is 0. The lowest BCUT2D eigenvalue weighted by molar-refractivity contribution is -0.115. The Morgan fingerprint density at radius 3 is 2.44 bits per heavy atom. The minimum Gasteiger partial charge on any atom is -0.343 e. The molecular weight excluding hydrogens is 359 g/mol. The fraction of sp³-hybridized carbons (Fsp3) is 0.0526. The van der Waals surface area contributed by atoms with Crippen LogP contribution in [0.1, 0.15) is 10.4 Å². The number of carbonyl (C=O) groups is 2. The number of benzene rings is 3. The molecule has 126 valence electrons. The lowest BCUT2D eigenvalue weighted by atomic mass is 10.1. The van der Waals surface area contributed by atoms with Gasteiger partial charge in [0.25, 0.3) is 5.91 Å². The summed E-state index contributed by atoms with van der Waals surface area (Å²) in [5.41, 5.74) is 0.895. The van der Waals surface area contributed by atoms with Crippen LogP contribution in [0.4, 0.5) is 5.69 Å². The smallest absolute Gasteiger partial charge is 0.251 e. The lowest BCUT2D eigenvalue weighted by Crippen LogP contribution is -2.32. The Morgan fingerprint density at radius 1 is 0.880 bits per heavy atom. The van der Waals surface area contributed by atoms with Crippen LogP contribution in [0.15, 0.2) is 60.7 Å². The molecule has 0 spiro atoms. The van der Waals surface area contributed by atoms with Crippen LogP contribution in [-0.4, -0.2) is 18.4 Å². The number of hydrogen-bond acceptors (Lipinski definition) is 2. The highest BCUT2D eigenvalue weighted by atomic mass is 35.5. The Kier molecular flexibility index (Phi) is 5.22. The first-order valence-corrected chi connectivity index (χ1v) is 8.30. The zero-order valence-corrected chi connectivity index (χ0v) is 14.6. The second-order valence-corrected chi connectivity index (χ2v) is 6.26. The highest BCUT2D eigenvalue weighted by molar-refractivity contribution is 6.35. The number of anilines is 1. The van der Waals surface area contributed by atoms with E-state index < -0.39 is 5.91 Å². The number of halogens is 2. The molecule has 6 heteroatoms. The highest BCUT2D eigenvalue weighted by Crippen LogP contribution is 2.25. The van der Waals surface area contributed by atoms with E-state index in [9.17, 15) is 9.59 Å². The first-order valence-electron chi connectivity index (χ1n) is 7.55. The number of carbonyl (C=O) groups excluding carboxylic acids is 2. The molecule has 0 heterocycles.